The van der Waals surface area contributed by atoms with Crippen molar-refractivity contribution in [2.45, 2.75) is 6.92 Å². The Morgan fingerprint density at radius 2 is 2.06 bits per heavy atom. The van der Waals surface area contributed by atoms with Gasteiger partial charge >= 0.3 is 0 Å². The highest BCUT2D eigenvalue weighted by Gasteiger charge is 2.20. The van der Waals surface area contributed by atoms with Gasteiger partial charge in [-0.2, -0.15) is 0 Å². The number of rotatable bonds is 6. The SMILES string of the molecule is CCN(CCN)C(=O)c1cccc(OC)c1OC. The molecule has 100 valence electrons. The molecule has 0 fully saturated rings. The summed E-state index contributed by atoms with van der Waals surface area (Å²) in [5.74, 6) is 0.909. The lowest BCUT2D eigenvalue weighted by molar-refractivity contribution is 0.0765. The molecule has 0 atom stereocenters. The lowest BCUT2D eigenvalue weighted by Crippen LogP contribution is -2.35. The van der Waals surface area contributed by atoms with E-state index in [0.29, 0.717) is 36.7 Å². The van der Waals surface area contributed by atoms with Crippen LogP contribution in [-0.2, 0) is 0 Å². The van der Waals surface area contributed by atoms with Gasteiger partial charge < -0.3 is 20.1 Å². The number of likely N-dealkylation sites (N-methyl/N-ethyl adjacent to an activating group) is 1. The quantitative estimate of drug-likeness (QED) is 0.824. The van der Waals surface area contributed by atoms with Crippen LogP contribution >= 0.6 is 0 Å². The van der Waals surface area contributed by atoms with Gasteiger partial charge in [0.05, 0.1) is 19.8 Å². The van der Waals surface area contributed by atoms with E-state index in [0.717, 1.165) is 0 Å². The molecule has 0 saturated heterocycles. The molecule has 2 N–H and O–H groups in total. The van der Waals surface area contributed by atoms with Crippen LogP contribution in [0.3, 0.4) is 0 Å². The van der Waals surface area contributed by atoms with Crippen LogP contribution < -0.4 is 15.2 Å². The van der Waals surface area contributed by atoms with Crippen LogP contribution in [0.1, 0.15) is 17.3 Å². The van der Waals surface area contributed by atoms with Crippen molar-refractivity contribution in [1.29, 1.82) is 0 Å². The van der Waals surface area contributed by atoms with E-state index in [1.807, 2.05) is 6.92 Å². The summed E-state index contributed by atoms with van der Waals surface area (Å²) < 4.78 is 10.4. The first-order chi connectivity index (χ1) is 8.69. The molecular weight excluding hydrogens is 232 g/mol. The predicted octanol–water partition coefficient (Wildman–Crippen LogP) is 1.12. The number of hydrogen-bond donors (Lipinski definition) is 1. The van der Waals surface area contributed by atoms with Crippen LogP contribution in [0.5, 0.6) is 11.5 Å². The molecule has 1 rings (SSSR count). The second-order valence-electron chi connectivity index (χ2n) is 3.71. The summed E-state index contributed by atoms with van der Waals surface area (Å²) >= 11 is 0. The first-order valence-corrected chi connectivity index (χ1v) is 5.89. The summed E-state index contributed by atoms with van der Waals surface area (Å²) in [7, 11) is 3.07. The molecule has 1 aromatic carbocycles. The number of amides is 1. The maximum absolute atomic E-state index is 12.3. The van der Waals surface area contributed by atoms with E-state index < -0.39 is 0 Å². The second kappa shape index (κ2) is 6.86. The van der Waals surface area contributed by atoms with Gasteiger partial charge in [0.15, 0.2) is 11.5 Å². The molecule has 0 aromatic heterocycles. The lowest BCUT2D eigenvalue weighted by atomic mass is 10.1. The highest BCUT2D eigenvalue weighted by Crippen LogP contribution is 2.31. The van der Waals surface area contributed by atoms with Crippen molar-refractivity contribution < 1.29 is 14.3 Å². The number of ether oxygens (including phenoxy) is 2. The standard InChI is InChI=1S/C13H20N2O3/c1-4-15(9-8-14)13(16)10-6-5-7-11(17-2)12(10)18-3/h5-7H,4,8-9,14H2,1-3H3. The van der Waals surface area contributed by atoms with E-state index in [9.17, 15) is 4.79 Å². The molecule has 0 radical (unpaired) electrons. The molecule has 1 amide bonds. The van der Waals surface area contributed by atoms with Crippen molar-refractivity contribution in [2.75, 3.05) is 33.9 Å². The van der Waals surface area contributed by atoms with E-state index in [2.05, 4.69) is 0 Å². The Labute approximate surface area is 107 Å². The van der Waals surface area contributed by atoms with Gasteiger partial charge in [0.25, 0.3) is 5.91 Å². The fourth-order valence-corrected chi connectivity index (χ4v) is 1.78. The summed E-state index contributed by atoms with van der Waals surface area (Å²) in [6.07, 6.45) is 0. The summed E-state index contributed by atoms with van der Waals surface area (Å²) in [6.45, 7) is 3.48. The number of nitrogens with zero attached hydrogens (tertiary/aromatic N) is 1. The molecule has 0 spiro atoms. The monoisotopic (exact) mass is 252 g/mol. The second-order valence-corrected chi connectivity index (χ2v) is 3.71. The highest BCUT2D eigenvalue weighted by molar-refractivity contribution is 5.97. The molecule has 0 aliphatic carbocycles. The van der Waals surface area contributed by atoms with Crippen LogP contribution in [0.25, 0.3) is 0 Å². The zero-order valence-corrected chi connectivity index (χ0v) is 11.1. The van der Waals surface area contributed by atoms with Gasteiger partial charge in [-0.1, -0.05) is 6.07 Å². The smallest absolute Gasteiger partial charge is 0.257 e. The summed E-state index contributed by atoms with van der Waals surface area (Å²) in [6, 6.07) is 5.25. The van der Waals surface area contributed by atoms with Crippen LogP contribution in [0, 0.1) is 0 Å². The third-order valence-electron chi connectivity index (χ3n) is 2.70. The Kier molecular flexibility index (Phi) is 5.45. The van der Waals surface area contributed by atoms with Gasteiger partial charge in [0, 0.05) is 19.6 Å². The minimum Gasteiger partial charge on any atom is -0.493 e. The fourth-order valence-electron chi connectivity index (χ4n) is 1.78. The van der Waals surface area contributed by atoms with Crippen LogP contribution in [0.15, 0.2) is 18.2 Å². The number of hydrogen-bond acceptors (Lipinski definition) is 4. The van der Waals surface area contributed by atoms with E-state index >= 15 is 0 Å². The molecule has 5 nitrogen and oxygen atoms in total. The number of carbonyl (C=O) groups excluding carboxylic acids is 1. The van der Waals surface area contributed by atoms with Crippen molar-refractivity contribution in [1.82, 2.24) is 4.90 Å². The van der Waals surface area contributed by atoms with E-state index in [4.69, 9.17) is 15.2 Å². The molecule has 1 aromatic rings. The number of para-hydroxylation sites is 1. The van der Waals surface area contributed by atoms with Crippen LogP contribution in [0.4, 0.5) is 0 Å². The Bertz CT molecular complexity index is 407. The van der Waals surface area contributed by atoms with Gasteiger partial charge in [-0.15, -0.1) is 0 Å². The van der Waals surface area contributed by atoms with Gasteiger partial charge in [0.2, 0.25) is 0 Å². The number of methoxy groups -OCH3 is 2. The molecule has 0 aliphatic rings. The Hall–Kier alpha value is -1.75. The van der Waals surface area contributed by atoms with Gasteiger partial charge in [-0.05, 0) is 19.1 Å². The van der Waals surface area contributed by atoms with E-state index in [1.54, 1.807) is 30.2 Å². The average Bonchev–Trinajstić information content (AvgIpc) is 2.42. The number of carbonyl (C=O) groups is 1. The van der Waals surface area contributed by atoms with Gasteiger partial charge in [-0.3, -0.25) is 4.79 Å². The Morgan fingerprint density at radius 1 is 1.33 bits per heavy atom. The Morgan fingerprint density at radius 3 is 2.56 bits per heavy atom. The molecule has 5 heteroatoms. The summed E-state index contributed by atoms with van der Waals surface area (Å²) in [5.41, 5.74) is 5.99. The molecule has 0 heterocycles. The predicted molar refractivity (Wildman–Crippen MR) is 70.2 cm³/mol. The normalized spacial score (nSPS) is 10.0. The first-order valence-electron chi connectivity index (χ1n) is 5.89. The van der Waals surface area contributed by atoms with Gasteiger partial charge in [-0.25, -0.2) is 0 Å². The van der Waals surface area contributed by atoms with Crippen molar-refractivity contribution >= 4 is 5.91 Å². The zero-order chi connectivity index (χ0) is 13.5. The molecule has 18 heavy (non-hydrogen) atoms. The minimum absolute atomic E-state index is 0.0984. The first kappa shape index (κ1) is 14.3. The highest BCUT2D eigenvalue weighted by atomic mass is 16.5. The fraction of sp³-hybridized carbons (Fsp3) is 0.462. The zero-order valence-electron chi connectivity index (χ0n) is 11.1. The third kappa shape index (κ3) is 2.92. The van der Waals surface area contributed by atoms with Crippen molar-refractivity contribution in [2.24, 2.45) is 5.73 Å². The molecule has 0 unspecified atom stereocenters. The molecule has 0 aliphatic heterocycles. The van der Waals surface area contributed by atoms with Crippen molar-refractivity contribution in [3.63, 3.8) is 0 Å². The minimum atomic E-state index is -0.0984. The summed E-state index contributed by atoms with van der Waals surface area (Å²) in [4.78, 5) is 14.0. The largest absolute Gasteiger partial charge is 0.493 e. The average molecular weight is 252 g/mol. The molecular formula is C13H20N2O3. The lowest BCUT2D eigenvalue weighted by Gasteiger charge is -2.21. The summed E-state index contributed by atoms with van der Waals surface area (Å²) in [5, 5.41) is 0. The number of benzene rings is 1. The number of nitrogens with two attached hydrogens (primary N) is 1. The van der Waals surface area contributed by atoms with E-state index in [1.165, 1.54) is 7.11 Å². The van der Waals surface area contributed by atoms with Crippen LogP contribution in [0.2, 0.25) is 0 Å². The topological polar surface area (TPSA) is 64.8 Å². The molecule has 0 bridgehead atoms. The molecule has 0 saturated carbocycles. The van der Waals surface area contributed by atoms with E-state index in [-0.39, 0.29) is 5.91 Å². The van der Waals surface area contributed by atoms with Crippen molar-refractivity contribution in [3.8, 4) is 11.5 Å². The van der Waals surface area contributed by atoms with Crippen LogP contribution in [-0.4, -0.2) is 44.7 Å². The maximum Gasteiger partial charge on any atom is 0.257 e. The Balaban J connectivity index is 3.11. The van der Waals surface area contributed by atoms with Gasteiger partial charge in [0.1, 0.15) is 0 Å². The van der Waals surface area contributed by atoms with Crippen molar-refractivity contribution in [3.05, 3.63) is 23.8 Å². The maximum atomic E-state index is 12.3. The third-order valence-corrected chi connectivity index (χ3v) is 2.70.